The summed E-state index contributed by atoms with van der Waals surface area (Å²) in [7, 11) is 1.11. The lowest BCUT2D eigenvalue weighted by atomic mass is 10.3. The Bertz CT molecular complexity index is 198. The summed E-state index contributed by atoms with van der Waals surface area (Å²) >= 11 is 0. The van der Waals surface area contributed by atoms with Crippen LogP contribution in [0.1, 0.15) is 0 Å². The van der Waals surface area contributed by atoms with Crippen LogP contribution in [0.15, 0.2) is 12.2 Å². The zero-order valence-corrected chi connectivity index (χ0v) is 6.98. The highest BCUT2D eigenvalue weighted by molar-refractivity contribution is 5.87. The minimum atomic E-state index is -4.39. The van der Waals surface area contributed by atoms with E-state index in [0.717, 1.165) is 7.11 Å². The van der Waals surface area contributed by atoms with Crippen LogP contribution in [-0.2, 0) is 14.3 Å². The first-order valence-corrected chi connectivity index (χ1v) is 3.27. The molecule has 0 saturated heterocycles. The minimum Gasteiger partial charge on any atom is -0.466 e. The fraction of sp³-hybridized carbons (Fsp3) is 0.571. The van der Waals surface area contributed by atoms with E-state index in [1.165, 1.54) is 0 Å². The van der Waals surface area contributed by atoms with Crippen LogP contribution in [0.3, 0.4) is 0 Å². The molecule has 0 fully saturated rings. The number of carbonyl (C=O) groups excluding carboxylic acids is 1. The fourth-order valence-electron chi connectivity index (χ4n) is 0.493. The van der Waals surface area contributed by atoms with Crippen LogP contribution in [0.25, 0.3) is 0 Å². The third-order valence-corrected chi connectivity index (χ3v) is 1.02. The maximum atomic E-state index is 11.5. The van der Waals surface area contributed by atoms with E-state index in [9.17, 15) is 18.0 Å². The predicted octanol–water partition coefficient (Wildman–Crippen LogP) is 1.29. The number of rotatable bonds is 4. The van der Waals surface area contributed by atoms with Gasteiger partial charge in [0.05, 0.1) is 19.3 Å². The Balaban J connectivity index is 3.66. The highest BCUT2D eigenvalue weighted by atomic mass is 19.4. The molecule has 76 valence electrons. The van der Waals surface area contributed by atoms with Crippen LogP contribution in [0.4, 0.5) is 13.2 Å². The summed E-state index contributed by atoms with van der Waals surface area (Å²) in [6.07, 6.45) is -4.39. The van der Waals surface area contributed by atoms with Crippen molar-refractivity contribution in [3.05, 3.63) is 12.2 Å². The van der Waals surface area contributed by atoms with Crippen LogP contribution in [-0.4, -0.2) is 32.5 Å². The summed E-state index contributed by atoms with van der Waals surface area (Å²) in [4.78, 5) is 10.6. The average Bonchev–Trinajstić information content (AvgIpc) is 2.00. The van der Waals surface area contributed by atoms with Gasteiger partial charge in [0.15, 0.2) is 0 Å². The summed E-state index contributed by atoms with van der Waals surface area (Å²) in [5, 5.41) is 0. The van der Waals surface area contributed by atoms with Crippen molar-refractivity contribution in [3.63, 3.8) is 0 Å². The summed E-state index contributed by atoms with van der Waals surface area (Å²) < 4.78 is 42.9. The molecule has 0 aromatic heterocycles. The second kappa shape index (κ2) is 4.86. The smallest absolute Gasteiger partial charge is 0.411 e. The van der Waals surface area contributed by atoms with Crippen LogP contribution >= 0.6 is 0 Å². The fourth-order valence-corrected chi connectivity index (χ4v) is 0.493. The molecule has 0 saturated carbocycles. The number of esters is 1. The Hall–Kier alpha value is -1.04. The Morgan fingerprint density at radius 3 is 2.38 bits per heavy atom. The Kier molecular flexibility index (Phi) is 4.47. The quantitative estimate of drug-likeness (QED) is 0.504. The van der Waals surface area contributed by atoms with Crippen LogP contribution in [0, 0.1) is 0 Å². The zero-order chi connectivity index (χ0) is 10.5. The van der Waals surface area contributed by atoms with Crippen molar-refractivity contribution < 1.29 is 27.4 Å². The van der Waals surface area contributed by atoms with Crippen molar-refractivity contribution in [2.75, 3.05) is 20.3 Å². The lowest BCUT2D eigenvalue weighted by Crippen LogP contribution is -2.19. The molecule has 0 rings (SSSR count). The van der Waals surface area contributed by atoms with Crippen molar-refractivity contribution in [1.29, 1.82) is 0 Å². The number of methoxy groups -OCH3 is 1. The normalized spacial score (nSPS) is 11.1. The predicted molar refractivity (Wildman–Crippen MR) is 38.0 cm³/mol. The number of hydrogen-bond donors (Lipinski definition) is 0. The number of alkyl halides is 3. The van der Waals surface area contributed by atoms with Gasteiger partial charge < -0.3 is 9.47 Å². The van der Waals surface area contributed by atoms with E-state index in [1.54, 1.807) is 0 Å². The van der Waals surface area contributed by atoms with Crippen molar-refractivity contribution >= 4 is 5.97 Å². The molecule has 0 heterocycles. The van der Waals surface area contributed by atoms with E-state index in [-0.39, 0.29) is 5.57 Å². The number of halogens is 3. The second-order valence-corrected chi connectivity index (χ2v) is 2.20. The number of hydrogen-bond acceptors (Lipinski definition) is 3. The standard InChI is InChI=1S/C7H9F3O3/c1-5(6(11)12-2)3-13-4-7(8,9)10/h1,3-4H2,2H3. The molecule has 3 nitrogen and oxygen atoms in total. The average molecular weight is 198 g/mol. The molecule has 0 bridgehead atoms. The van der Waals surface area contributed by atoms with Gasteiger partial charge in [0, 0.05) is 0 Å². The SMILES string of the molecule is C=C(COCC(F)(F)F)C(=O)OC. The molecule has 0 N–H and O–H groups in total. The second-order valence-electron chi connectivity index (χ2n) is 2.20. The third-order valence-electron chi connectivity index (χ3n) is 1.02. The maximum absolute atomic E-state index is 11.5. The first-order valence-electron chi connectivity index (χ1n) is 3.27. The first-order chi connectivity index (χ1) is 5.87. The van der Waals surface area contributed by atoms with Gasteiger partial charge in [0.1, 0.15) is 6.61 Å². The first kappa shape index (κ1) is 12.0. The van der Waals surface area contributed by atoms with Crippen molar-refractivity contribution in [2.24, 2.45) is 0 Å². The van der Waals surface area contributed by atoms with E-state index in [0.29, 0.717) is 0 Å². The molecular weight excluding hydrogens is 189 g/mol. The summed E-state index contributed by atoms with van der Waals surface area (Å²) in [6.45, 7) is 1.30. The Morgan fingerprint density at radius 2 is 2.00 bits per heavy atom. The summed E-state index contributed by atoms with van der Waals surface area (Å²) in [6, 6.07) is 0. The van der Waals surface area contributed by atoms with Gasteiger partial charge in [-0.15, -0.1) is 0 Å². The molecule has 0 aromatic rings. The van der Waals surface area contributed by atoms with Crippen molar-refractivity contribution in [2.45, 2.75) is 6.18 Å². The molecule has 0 unspecified atom stereocenters. The van der Waals surface area contributed by atoms with E-state index >= 15 is 0 Å². The topological polar surface area (TPSA) is 35.5 Å². The summed E-state index contributed by atoms with van der Waals surface area (Å²) in [5.41, 5.74) is -0.147. The highest BCUT2D eigenvalue weighted by Gasteiger charge is 2.27. The minimum absolute atomic E-state index is 0.147. The zero-order valence-electron chi connectivity index (χ0n) is 6.98. The molecule has 0 aliphatic heterocycles. The van der Waals surface area contributed by atoms with Gasteiger partial charge >= 0.3 is 12.1 Å². The molecule has 13 heavy (non-hydrogen) atoms. The highest BCUT2D eigenvalue weighted by Crippen LogP contribution is 2.14. The van der Waals surface area contributed by atoms with Crippen LogP contribution in [0.2, 0.25) is 0 Å². The van der Waals surface area contributed by atoms with Crippen molar-refractivity contribution in [3.8, 4) is 0 Å². The lowest BCUT2D eigenvalue weighted by molar-refractivity contribution is -0.172. The maximum Gasteiger partial charge on any atom is 0.411 e. The van der Waals surface area contributed by atoms with Gasteiger partial charge in [-0.3, -0.25) is 0 Å². The van der Waals surface area contributed by atoms with E-state index < -0.39 is 25.4 Å². The molecule has 0 aliphatic carbocycles. The number of ether oxygens (including phenoxy) is 2. The van der Waals surface area contributed by atoms with Gasteiger partial charge in [-0.1, -0.05) is 6.58 Å². The van der Waals surface area contributed by atoms with E-state index in [1.807, 2.05) is 0 Å². The van der Waals surface area contributed by atoms with E-state index in [2.05, 4.69) is 16.1 Å². The molecule has 0 atom stereocenters. The molecule has 0 spiro atoms. The Morgan fingerprint density at radius 1 is 1.46 bits per heavy atom. The largest absolute Gasteiger partial charge is 0.466 e. The molecule has 6 heteroatoms. The third kappa shape index (κ3) is 6.15. The molecular formula is C7H9F3O3. The van der Waals surface area contributed by atoms with Gasteiger partial charge in [-0.05, 0) is 0 Å². The molecule has 0 aromatic carbocycles. The van der Waals surface area contributed by atoms with Gasteiger partial charge in [-0.2, -0.15) is 13.2 Å². The van der Waals surface area contributed by atoms with E-state index in [4.69, 9.17) is 0 Å². The molecule has 0 radical (unpaired) electrons. The lowest BCUT2D eigenvalue weighted by Gasteiger charge is -2.07. The van der Waals surface area contributed by atoms with Gasteiger partial charge in [0.25, 0.3) is 0 Å². The van der Waals surface area contributed by atoms with Crippen LogP contribution in [0.5, 0.6) is 0 Å². The number of carbonyl (C=O) groups is 1. The van der Waals surface area contributed by atoms with Gasteiger partial charge in [0.2, 0.25) is 0 Å². The molecule has 0 aliphatic rings. The molecule has 0 amide bonds. The van der Waals surface area contributed by atoms with Crippen LogP contribution < -0.4 is 0 Å². The van der Waals surface area contributed by atoms with Gasteiger partial charge in [-0.25, -0.2) is 4.79 Å². The Labute approximate surface area is 73.1 Å². The monoisotopic (exact) mass is 198 g/mol. The summed E-state index contributed by atoms with van der Waals surface area (Å²) in [5.74, 6) is -0.776. The van der Waals surface area contributed by atoms with Crippen molar-refractivity contribution in [1.82, 2.24) is 0 Å².